The topological polar surface area (TPSA) is 98.3 Å². The van der Waals surface area contributed by atoms with Gasteiger partial charge in [-0.1, -0.05) is 6.07 Å². The number of halogens is 3. The molecule has 7 nitrogen and oxygen atoms in total. The molecule has 0 unspecified atom stereocenters. The number of alkyl halides is 3. The number of hydrogen-bond donors (Lipinski definition) is 1. The summed E-state index contributed by atoms with van der Waals surface area (Å²) < 4.78 is 39.3. The highest BCUT2D eigenvalue weighted by Crippen LogP contribution is 2.34. The Balaban J connectivity index is 2.67. The Kier molecular flexibility index (Phi) is 3.37. The fourth-order valence-electron chi connectivity index (χ4n) is 1.71. The maximum Gasteiger partial charge on any atom is 0.434 e. The number of aromatic nitrogens is 2. The Morgan fingerprint density at radius 3 is 2.57 bits per heavy atom. The minimum Gasteiger partial charge on any atom is -0.478 e. The van der Waals surface area contributed by atoms with Gasteiger partial charge in [-0.25, -0.2) is 9.48 Å². The monoisotopic (exact) mass is 301 g/mol. The maximum absolute atomic E-state index is 13.0. The summed E-state index contributed by atoms with van der Waals surface area (Å²) in [4.78, 5) is 20.7. The summed E-state index contributed by atoms with van der Waals surface area (Å²) in [6.45, 7) is 0. The lowest BCUT2D eigenvalue weighted by molar-refractivity contribution is -0.384. The van der Waals surface area contributed by atoms with Crippen LogP contribution in [0.15, 0.2) is 30.5 Å². The zero-order valence-corrected chi connectivity index (χ0v) is 10.0. The van der Waals surface area contributed by atoms with Gasteiger partial charge in [0.25, 0.3) is 5.69 Å². The highest BCUT2D eigenvalue weighted by atomic mass is 19.4. The van der Waals surface area contributed by atoms with Crippen LogP contribution >= 0.6 is 0 Å². The van der Waals surface area contributed by atoms with Crippen LogP contribution in [0, 0.1) is 10.1 Å². The van der Waals surface area contributed by atoms with Gasteiger partial charge in [-0.2, -0.15) is 18.3 Å². The molecule has 10 heteroatoms. The number of non-ortho nitro benzene ring substituents is 1. The molecular formula is C11H6F3N3O4. The molecule has 21 heavy (non-hydrogen) atoms. The van der Waals surface area contributed by atoms with Gasteiger partial charge in [-0.15, -0.1) is 0 Å². The first-order valence-corrected chi connectivity index (χ1v) is 5.35. The van der Waals surface area contributed by atoms with Gasteiger partial charge in [0.2, 0.25) is 0 Å². The van der Waals surface area contributed by atoms with Crippen molar-refractivity contribution < 1.29 is 28.0 Å². The maximum atomic E-state index is 13.0. The predicted molar refractivity (Wildman–Crippen MR) is 62.2 cm³/mol. The van der Waals surface area contributed by atoms with E-state index in [9.17, 15) is 28.1 Å². The Morgan fingerprint density at radius 1 is 1.38 bits per heavy atom. The molecule has 1 N–H and O–H groups in total. The molecule has 0 saturated heterocycles. The highest BCUT2D eigenvalue weighted by molar-refractivity contribution is 5.89. The van der Waals surface area contributed by atoms with Crippen LogP contribution in [0.5, 0.6) is 0 Å². The Labute approximate surface area is 114 Å². The minimum absolute atomic E-state index is 0.260. The SMILES string of the molecule is O=C(O)c1cnn(-c2cccc([N+](=O)[O-])c2)c1C(F)(F)F. The number of hydrogen-bond acceptors (Lipinski definition) is 4. The zero-order valence-electron chi connectivity index (χ0n) is 10.0. The van der Waals surface area contributed by atoms with Gasteiger partial charge < -0.3 is 5.11 Å². The largest absolute Gasteiger partial charge is 0.478 e. The van der Waals surface area contributed by atoms with Crippen LogP contribution in [0.2, 0.25) is 0 Å². The third-order valence-corrected chi connectivity index (χ3v) is 2.55. The molecule has 0 fully saturated rings. The van der Waals surface area contributed by atoms with Gasteiger partial charge in [0.05, 0.1) is 16.8 Å². The molecule has 0 aliphatic rings. The molecule has 0 radical (unpaired) electrons. The highest BCUT2D eigenvalue weighted by Gasteiger charge is 2.40. The average molecular weight is 301 g/mol. The van der Waals surface area contributed by atoms with Crippen molar-refractivity contribution in [1.82, 2.24) is 9.78 Å². The lowest BCUT2D eigenvalue weighted by Gasteiger charge is -2.11. The number of nitro groups is 1. The van der Waals surface area contributed by atoms with Crippen molar-refractivity contribution >= 4 is 11.7 Å². The zero-order chi connectivity index (χ0) is 15.8. The lowest BCUT2D eigenvalue weighted by atomic mass is 10.2. The van der Waals surface area contributed by atoms with Crippen molar-refractivity contribution in [2.75, 3.05) is 0 Å². The summed E-state index contributed by atoms with van der Waals surface area (Å²) in [5.74, 6) is -1.79. The summed E-state index contributed by atoms with van der Waals surface area (Å²) >= 11 is 0. The molecule has 0 aliphatic carbocycles. The van der Waals surface area contributed by atoms with Crippen molar-refractivity contribution in [3.63, 3.8) is 0 Å². The normalized spacial score (nSPS) is 11.4. The van der Waals surface area contributed by atoms with E-state index in [4.69, 9.17) is 5.11 Å². The second-order valence-corrected chi connectivity index (χ2v) is 3.90. The van der Waals surface area contributed by atoms with Crippen molar-refractivity contribution in [2.45, 2.75) is 6.18 Å². The van der Waals surface area contributed by atoms with E-state index >= 15 is 0 Å². The van der Waals surface area contributed by atoms with Gasteiger partial charge in [-0.3, -0.25) is 10.1 Å². The average Bonchev–Trinajstić information content (AvgIpc) is 2.83. The molecule has 0 amide bonds. The van der Waals surface area contributed by atoms with Crippen LogP contribution in [-0.4, -0.2) is 25.8 Å². The fourth-order valence-corrected chi connectivity index (χ4v) is 1.71. The van der Waals surface area contributed by atoms with Gasteiger partial charge >= 0.3 is 12.1 Å². The summed E-state index contributed by atoms with van der Waals surface area (Å²) in [7, 11) is 0. The number of aromatic carboxylic acids is 1. The van der Waals surface area contributed by atoms with E-state index in [0.29, 0.717) is 10.9 Å². The van der Waals surface area contributed by atoms with Gasteiger partial charge in [0, 0.05) is 12.1 Å². The number of benzene rings is 1. The second kappa shape index (κ2) is 4.89. The first kappa shape index (κ1) is 14.5. The third-order valence-electron chi connectivity index (χ3n) is 2.55. The summed E-state index contributed by atoms with van der Waals surface area (Å²) in [5.41, 5.74) is -3.23. The van der Waals surface area contributed by atoms with Crippen LogP contribution in [0.1, 0.15) is 16.1 Å². The first-order valence-electron chi connectivity index (χ1n) is 5.35. The molecule has 0 aliphatic heterocycles. The van der Waals surface area contributed by atoms with E-state index in [1.165, 1.54) is 6.07 Å². The number of carboxylic acids is 1. The summed E-state index contributed by atoms with van der Waals surface area (Å²) in [6.07, 6.45) is -4.43. The molecule has 0 bridgehead atoms. The van der Waals surface area contributed by atoms with E-state index < -0.39 is 34.0 Å². The molecular weight excluding hydrogens is 295 g/mol. The predicted octanol–water partition coefficient (Wildman–Crippen LogP) is 2.50. The molecule has 0 atom stereocenters. The standard InChI is InChI=1S/C11H6F3N3O4/c12-11(13,14)9-8(10(18)19)5-15-16(9)6-2-1-3-7(4-6)17(20)21/h1-5H,(H,18,19). The fraction of sp³-hybridized carbons (Fsp3) is 0.0909. The lowest BCUT2D eigenvalue weighted by Crippen LogP contribution is -2.17. The molecule has 0 spiro atoms. The van der Waals surface area contributed by atoms with Crippen molar-refractivity contribution in [3.8, 4) is 5.69 Å². The molecule has 1 aromatic carbocycles. The van der Waals surface area contributed by atoms with E-state index in [1.54, 1.807) is 0 Å². The van der Waals surface area contributed by atoms with Crippen LogP contribution in [0.4, 0.5) is 18.9 Å². The molecule has 0 saturated carbocycles. The van der Waals surface area contributed by atoms with Gasteiger partial charge in [-0.05, 0) is 6.07 Å². The van der Waals surface area contributed by atoms with Crippen LogP contribution < -0.4 is 0 Å². The van der Waals surface area contributed by atoms with E-state index in [-0.39, 0.29) is 5.69 Å². The van der Waals surface area contributed by atoms with Crippen molar-refractivity contribution in [2.24, 2.45) is 0 Å². The Bertz CT molecular complexity index is 724. The number of carboxylic acid groups (broad SMARTS) is 1. The molecule has 1 heterocycles. The second-order valence-electron chi connectivity index (χ2n) is 3.90. The van der Waals surface area contributed by atoms with Crippen molar-refractivity contribution in [1.29, 1.82) is 0 Å². The molecule has 2 rings (SSSR count). The van der Waals surface area contributed by atoms with Crippen LogP contribution in [-0.2, 0) is 6.18 Å². The molecule has 110 valence electrons. The number of carbonyl (C=O) groups is 1. The number of nitrogens with zero attached hydrogens (tertiary/aromatic N) is 3. The van der Waals surface area contributed by atoms with Crippen molar-refractivity contribution in [3.05, 3.63) is 51.8 Å². The van der Waals surface area contributed by atoms with E-state index in [2.05, 4.69) is 5.10 Å². The van der Waals surface area contributed by atoms with Crippen LogP contribution in [0.25, 0.3) is 5.69 Å². The number of nitro benzene ring substituents is 1. The van der Waals surface area contributed by atoms with Gasteiger partial charge in [0.1, 0.15) is 5.56 Å². The molecule has 1 aromatic heterocycles. The van der Waals surface area contributed by atoms with Crippen LogP contribution in [0.3, 0.4) is 0 Å². The summed E-state index contributed by atoms with van der Waals surface area (Å²) in [5, 5.41) is 22.8. The number of rotatable bonds is 3. The van der Waals surface area contributed by atoms with E-state index in [0.717, 1.165) is 18.2 Å². The summed E-state index contributed by atoms with van der Waals surface area (Å²) in [6, 6.07) is 4.29. The Morgan fingerprint density at radius 2 is 2.05 bits per heavy atom. The minimum atomic E-state index is -4.98. The quantitative estimate of drug-likeness (QED) is 0.693. The molecule has 2 aromatic rings. The Hall–Kier alpha value is -2.91. The smallest absolute Gasteiger partial charge is 0.434 e. The first-order chi connectivity index (χ1) is 9.71. The van der Waals surface area contributed by atoms with E-state index in [1.807, 2.05) is 0 Å². The van der Waals surface area contributed by atoms with Gasteiger partial charge in [0.15, 0.2) is 5.69 Å². The third kappa shape index (κ3) is 2.68.